The van der Waals surface area contributed by atoms with E-state index in [2.05, 4.69) is 12.1 Å². The van der Waals surface area contributed by atoms with Gasteiger partial charge in [-0.05, 0) is 43.0 Å². The Bertz CT molecular complexity index is 1110. The van der Waals surface area contributed by atoms with Gasteiger partial charge in [-0.15, -0.1) is 0 Å². The highest BCUT2D eigenvalue weighted by atomic mass is 79.9. The van der Waals surface area contributed by atoms with Crippen LogP contribution in [0.2, 0.25) is 0 Å². The van der Waals surface area contributed by atoms with Gasteiger partial charge < -0.3 is 31.3 Å². The summed E-state index contributed by atoms with van der Waals surface area (Å²) in [6.45, 7) is 1.75. The molecule has 2 saturated carbocycles. The number of esters is 1. The molecule has 2 aromatic carbocycles. The van der Waals surface area contributed by atoms with Gasteiger partial charge in [-0.3, -0.25) is 9.78 Å². The predicted octanol–water partition coefficient (Wildman–Crippen LogP) is 1.82. The normalized spacial score (nSPS) is 30.3. The second kappa shape index (κ2) is 10.6. The van der Waals surface area contributed by atoms with Gasteiger partial charge in [0.1, 0.15) is 12.6 Å². The quantitative estimate of drug-likeness (QED) is 0.246. The number of likely N-dealkylation sites (tertiary alicyclic amines) is 1. The zero-order chi connectivity index (χ0) is 24.8. The van der Waals surface area contributed by atoms with Crippen LogP contribution in [-0.4, -0.2) is 41.3 Å². The Morgan fingerprint density at radius 2 is 1.73 bits per heavy atom. The Labute approximate surface area is 228 Å². The highest BCUT2D eigenvalue weighted by Gasteiger charge is 2.59. The third-order valence-electron chi connectivity index (χ3n) is 9.14. The van der Waals surface area contributed by atoms with Crippen LogP contribution in [0.3, 0.4) is 0 Å². The van der Waals surface area contributed by atoms with Crippen molar-refractivity contribution in [2.75, 3.05) is 13.6 Å². The number of carbonyl (C=O) groups is 1. The molecular weight excluding hydrogens is 538 g/mol. The maximum Gasteiger partial charge on any atom is 0.343 e. The molecular formula is C29H36BrNO6. The molecule has 2 heterocycles. The number of hydrogen-bond donors (Lipinski definition) is 1. The Kier molecular flexibility index (Phi) is 7.56. The van der Waals surface area contributed by atoms with Gasteiger partial charge in [-0.1, -0.05) is 56.0 Å². The second-order valence-electron chi connectivity index (χ2n) is 11.4. The van der Waals surface area contributed by atoms with Gasteiger partial charge in [0.25, 0.3) is 0 Å². The van der Waals surface area contributed by atoms with Crippen LogP contribution in [0.1, 0.15) is 62.5 Å². The third-order valence-corrected chi connectivity index (χ3v) is 9.14. The van der Waals surface area contributed by atoms with Crippen molar-refractivity contribution in [3.8, 4) is 11.5 Å². The number of fused-ring (bicyclic) bond motifs is 3. The average molecular weight is 575 g/mol. The molecule has 4 unspecified atom stereocenters. The number of aliphatic hydroxyl groups is 1. The van der Waals surface area contributed by atoms with Crippen LogP contribution in [0.5, 0.6) is 11.5 Å². The van der Waals surface area contributed by atoms with E-state index in [1.807, 2.05) is 48.5 Å². The molecule has 200 valence electrons. The van der Waals surface area contributed by atoms with E-state index in [1.54, 1.807) is 0 Å². The molecule has 4 aliphatic rings. The number of benzene rings is 2. The van der Waals surface area contributed by atoms with Crippen molar-refractivity contribution in [3.05, 3.63) is 59.7 Å². The molecule has 3 fully saturated rings. The first-order chi connectivity index (χ1) is 17.5. The molecule has 0 radical (unpaired) electrons. The average Bonchev–Trinajstić information content (AvgIpc) is 3.49. The summed E-state index contributed by atoms with van der Waals surface area (Å²) in [5, 5.41) is 16.7. The lowest BCUT2D eigenvalue weighted by atomic mass is 9.77. The van der Waals surface area contributed by atoms with E-state index in [0.717, 1.165) is 74.5 Å². The third kappa shape index (κ3) is 4.78. The lowest BCUT2D eigenvalue weighted by Gasteiger charge is -2.39. The Morgan fingerprint density at radius 3 is 2.49 bits per heavy atom. The van der Waals surface area contributed by atoms with Gasteiger partial charge in [-0.25, -0.2) is 4.79 Å². The first kappa shape index (κ1) is 26.5. The molecule has 0 amide bonds. The number of halogens is 1. The van der Waals surface area contributed by atoms with Crippen LogP contribution in [0.25, 0.3) is 0 Å². The van der Waals surface area contributed by atoms with Crippen molar-refractivity contribution in [1.82, 2.24) is 0 Å². The first-order valence-electron chi connectivity index (χ1n) is 13.4. The zero-order valence-electron chi connectivity index (χ0n) is 21.3. The van der Waals surface area contributed by atoms with E-state index in [9.17, 15) is 9.90 Å². The number of nitrogens with zero attached hydrogens (tertiary/aromatic N) is 1. The predicted molar refractivity (Wildman–Crippen MR) is 131 cm³/mol. The lowest BCUT2D eigenvalue weighted by molar-refractivity contribution is -0.939. The minimum Gasteiger partial charge on any atom is -1.00 e. The standard InChI is InChI=1S/C29H36NO6.BrH/c1-30(18-20-13-16-25-26(17-20)35-36-34-25)19-21-14-15-24(30)27(21)33-28(31)29(32,23-11-7-4-8-12-23)22-9-5-2-3-6-10-22;/h4,7-8,11-13,16-17,21-22,24,27,32H,2-3,5-6,9-10,14-15,18-19H2,1H3;1H/q+1;/p-1/t21?,24-,27?,29?,30?;/m0./s1. The topological polar surface area (TPSA) is 74.2 Å². The highest BCUT2D eigenvalue weighted by Crippen LogP contribution is 2.47. The summed E-state index contributed by atoms with van der Waals surface area (Å²) >= 11 is 0. The molecule has 8 heteroatoms. The van der Waals surface area contributed by atoms with E-state index in [-0.39, 0.29) is 35.0 Å². The monoisotopic (exact) mass is 573 g/mol. The van der Waals surface area contributed by atoms with Crippen molar-refractivity contribution in [1.29, 1.82) is 0 Å². The van der Waals surface area contributed by atoms with Crippen LogP contribution in [0.4, 0.5) is 0 Å². The number of hydrogen-bond acceptors (Lipinski definition) is 6. The molecule has 2 aliphatic carbocycles. The molecule has 2 aliphatic heterocycles. The fourth-order valence-corrected chi connectivity index (χ4v) is 7.33. The zero-order valence-corrected chi connectivity index (χ0v) is 22.9. The summed E-state index contributed by atoms with van der Waals surface area (Å²) < 4.78 is 7.15. The molecule has 2 bridgehead atoms. The molecule has 5 atom stereocenters. The molecule has 2 aromatic rings. The summed E-state index contributed by atoms with van der Waals surface area (Å²) in [7, 11) is 2.25. The summed E-state index contributed by atoms with van der Waals surface area (Å²) in [5.41, 5.74) is 0.184. The molecule has 6 rings (SSSR count). The van der Waals surface area contributed by atoms with E-state index < -0.39 is 11.6 Å². The largest absolute Gasteiger partial charge is 1.00 e. The number of likely N-dealkylation sites (N-methyl/N-ethyl adjacent to an activating group) is 1. The number of rotatable bonds is 6. The Hall–Kier alpha value is -2.13. The molecule has 1 N–H and O–H groups in total. The number of carbonyl (C=O) groups excluding carboxylic acids is 1. The van der Waals surface area contributed by atoms with E-state index in [4.69, 9.17) is 14.5 Å². The second-order valence-corrected chi connectivity index (χ2v) is 11.4. The van der Waals surface area contributed by atoms with Gasteiger partial charge in [-0.2, -0.15) is 0 Å². The summed E-state index contributed by atoms with van der Waals surface area (Å²) in [6.07, 6.45) is 7.98. The number of quaternary nitrogens is 1. The maximum atomic E-state index is 13.9. The molecule has 37 heavy (non-hydrogen) atoms. The van der Waals surface area contributed by atoms with Crippen LogP contribution >= 0.6 is 0 Å². The van der Waals surface area contributed by atoms with Gasteiger partial charge in [0.15, 0.2) is 11.7 Å². The van der Waals surface area contributed by atoms with Crippen LogP contribution in [0, 0.1) is 11.8 Å². The number of piperidine rings is 1. The summed E-state index contributed by atoms with van der Waals surface area (Å²) in [6, 6.07) is 15.5. The fourth-order valence-electron chi connectivity index (χ4n) is 7.33. The minimum absolute atomic E-state index is 0. The van der Waals surface area contributed by atoms with Crippen LogP contribution in [-0.2, 0) is 26.7 Å². The first-order valence-corrected chi connectivity index (χ1v) is 13.4. The van der Waals surface area contributed by atoms with Crippen molar-refractivity contribution in [2.45, 2.75) is 75.7 Å². The van der Waals surface area contributed by atoms with Crippen LogP contribution < -0.4 is 26.8 Å². The Balaban J connectivity index is 0.00000280. The summed E-state index contributed by atoms with van der Waals surface area (Å²) in [4.78, 5) is 24.0. The van der Waals surface area contributed by atoms with Crippen molar-refractivity contribution in [2.24, 2.45) is 11.8 Å². The molecule has 0 spiro atoms. The highest BCUT2D eigenvalue weighted by molar-refractivity contribution is 5.82. The SMILES string of the molecule is C[N+]1(Cc2ccc3c(c2)OOO3)CC2CC[C@H]1C2OC(=O)C(O)(c1ccccc1)C1CCCCCC1.[Br-]. The minimum atomic E-state index is -1.60. The molecule has 0 aromatic heterocycles. The molecule has 1 saturated heterocycles. The van der Waals surface area contributed by atoms with Crippen molar-refractivity contribution < 1.29 is 50.9 Å². The van der Waals surface area contributed by atoms with Crippen molar-refractivity contribution in [3.63, 3.8) is 0 Å². The van der Waals surface area contributed by atoms with E-state index >= 15 is 0 Å². The van der Waals surface area contributed by atoms with Gasteiger partial charge >= 0.3 is 5.97 Å². The Morgan fingerprint density at radius 1 is 1.00 bits per heavy atom. The van der Waals surface area contributed by atoms with Crippen LogP contribution in [0.15, 0.2) is 48.5 Å². The summed E-state index contributed by atoms with van der Waals surface area (Å²) in [5.74, 6) is 0.884. The fraction of sp³-hybridized carbons (Fsp3) is 0.552. The van der Waals surface area contributed by atoms with E-state index in [0.29, 0.717) is 23.0 Å². The van der Waals surface area contributed by atoms with Gasteiger partial charge in [0.05, 0.1) is 19.5 Å². The lowest BCUT2D eigenvalue weighted by Crippen LogP contribution is -3.00. The number of ether oxygens (including phenoxy) is 1. The smallest absolute Gasteiger partial charge is 0.343 e. The molecule has 7 nitrogen and oxygen atoms in total. The van der Waals surface area contributed by atoms with Gasteiger partial charge in [0.2, 0.25) is 11.5 Å². The maximum absolute atomic E-state index is 13.9. The van der Waals surface area contributed by atoms with Crippen molar-refractivity contribution >= 4 is 5.97 Å². The van der Waals surface area contributed by atoms with Gasteiger partial charge in [0, 0.05) is 22.9 Å². The van der Waals surface area contributed by atoms with E-state index in [1.165, 1.54) is 0 Å².